The lowest BCUT2D eigenvalue weighted by Gasteiger charge is -2.16. The van der Waals surface area contributed by atoms with Gasteiger partial charge in [-0.05, 0) is 30.7 Å². The summed E-state index contributed by atoms with van der Waals surface area (Å²) in [5.74, 6) is 0. The van der Waals surface area contributed by atoms with Gasteiger partial charge in [-0.2, -0.15) is 4.31 Å². The number of hydrogen-bond donors (Lipinski definition) is 2. The summed E-state index contributed by atoms with van der Waals surface area (Å²) in [4.78, 5) is 0.237. The monoisotopic (exact) mass is 272 g/mol. The Bertz CT molecular complexity index is 457. The zero-order valence-electron chi connectivity index (χ0n) is 10.8. The van der Waals surface area contributed by atoms with E-state index in [0.717, 1.165) is 23.0 Å². The van der Waals surface area contributed by atoms with Gasteiger partial charge in [0.1, 0.15) is 0 Å². The van der Waals surface area contributed by atoms with Crippen molar-refractivity contribution in [3.63, 3.8) is 0 Å². The highest BCUT2D eigenvalue weighted by molar-refractivity contribution is 7.89. The first-order chi connectivity index (χ1) is 8.52. The number of aliphatic hydroxyl groups excluding tert-OH is 1. The molecule has 0 aromatic heterocycles. The number of hydrogen-bond acceptors (Lipinski definition) is 4. The summed E-state index contributed by atoms with van der Waals surface area (Å²) in [6, 6.07) is 6.63. The fraction of sp³-hybridized carbons (Fsp3) is 0.500. The molecule has 0 bridgehead atoms. The smallest absolute Gasteiger partial charge is 0.242 e. The number of anilines is 1. The lowest BCUT2D eigenvalue weighted by atomic mass is 10.3. The van der Waals surface area contributed by atoms with Crippen LogP contribution in [0.25, 0.3) is 0 Å². The van der Waals surface area contributed by atoms with Gasteiger partial charge < -0.3 is 10.4 Å². The van der Waals surface area contributed by atoms with Crippen molar-refractivity contribution in [2.45, 2.75) is 18.2 Å². The molecule has 0 saturated carbocycles. The van der Waals surface area contributed by atoms with Gasteiger partial charge in [-0.1, -0.05) is 6.92 Å². The highest BCUT2D eigenvalue weighted by Crippen LogP contribution is 2.17. The van der Waals surface area contributed by atoms with Crippen molar-refractivity contribution in [2.24, 2.45) is 0 Å². The number of likely N-dealkylation sites (N-methyl/N-ethyl adjacent to an activating group) is 1. The average molecular weight is 272 g/mol. The number of rotatable bonds is 7. The maximum absolute atomic E-state index is 12.0. The van der Waals surface area contributed by atoms with Crippen molar-refractivity contribution in [2.75, 3.05) is 32.1 Å². The molecule has 102 valence electrons. The number of aliphatic hydroxyl groups is 1. The molecule has 1 aromatic rings. The molecule has 1 aromatic carbocycles. The van der Waals surface area contributed by atoms with Gasteiger partial charge in [0.2, 0.25) is 10.0 Å². The Balaban J connectivity index is 2.84. The van der Waals surface area contributed by atoms with Crippen LogP contribution in [0.3, 0.4) is 0 Å². The molecule has 0 aliphatic rings. The van der Waals surface area contributed by atoms with E-state index in [-0.39, 0.29) is 18.0 Å². The van der Waals surface area contributed by atoms with Gasteiger partial charge in [-0.3, -0.25) is 0 Å². The van der Waals surface area contributed by atoms with E-state index in [4.69, 9.17) is 5.11 Å². The van der Waals surface area contributed by atoms with Crippen molar-refractivity contribution in [3.8, 4) is 0 Å². The average Bonchev–Trinajstić information content (AvgIpc) is 2.37. The number of benzene rings is 1. The van der Waals surface area contributed by atoms with Crippen LogP contribution in [-0.4, -0.2) is 44.6 Å². The Morgan fingerprint density at radius 1 is 1.28 bits per heavy atom. The molecule has 0 fully saturated rings. The molecule has 0 spiro atoms. The van der Waals surface area contributed by atoms with Gasteiger partial charge in [0.25, 0.3) is 0 Å². The molecule has 18 heavy (non-hydrogen) atoms. The van der Waals surface area contributed by atoms with E-state index in [9.17, 15) is 8.42 Å². The van der Waals surface area contributed by atoms with Crippen LogP contribution in [0.4, 0.5) is 5.69 Å². The first-order valence-electron chi connectivity index (χ1n) is 5.93. The van der Waals surface area contributed by atoms with E-state index in [1.54, 1.807) is 24.3 Å². The van der Waals surface area contributed by atoms with Gasteiger partial charge >= 0.3 is 0 Å². The largest absolute Gasteiger partial charge is 0.395 e. The van der Waals surface area contributed by atoms with Crippen LogP contribution in [-0.2, 0) is 10.0 Å². The molecule has 0 atom stereocenters. The van der Waals surface area contributed by atoms with E-state index in [1.807, 2.05) is 0 Å². The van der Waals surface area contributed by atoms with E-state index in [0.29, 0.717) is 0 Å². The third-order valence-corrected chi connectivity index (χ3v) is 4.43. The SMILES string of the molecule is CCCNc1ccc(S(=O)(=O)N(C)CCO)cc1. The minimum Gasteiger partial charge on any atom is -0.395 e. The molecule has 0 unspecified atom stereocenters. The fourth-order valence-corrected chi connectivity index (χ4v) is 2.62. The number of nitrogens with one attached hydrogen (secondary N) is 1. The normalized spacial score (nSPS) is 11.8. The maximum Gasteiger partial charge on any atom is 0.242 e. The Kier molecular flexibility index (Phi) is 5.58. The summed E-state index contributed by atoms with van der Waals surface area (Å²) in [6.07, 6.45) is 1.01. The van der Waals surface area contributed by atoms with Crippen LogP contribution in [0, 0.1) is 0 Å². The first kappa shape index (κ1) is 14.9. The quantitative estimate of drug-likeness (QED) is 0.780. The summed E-state index contributed by atoms with van der Waals surface area (Å²) >= 11 is 0. The Hall–Kier alpha value is -1.11. The minimum atomic E-state index is -3.49. The van der Waals surface area contributed by atoms with Gasteiger partial charge in [-0.25, -0.2) is 8.42 Å². The second-order valence-electron chi connectivity index (χ2n) is 4.00. The molecule has 0 saturated heterocycles. The summed E-state index contributed by atoms with van der Waals surface area (Å²) < 4.78 is 25.2. The maximum atomic E-state index is 12.0. The second-order valence-corrected chi connectivity index (χ2v) is 6.05. The molecular formula is C12H20N2O3S. The van der Waals surface area contributed by atoms with Crippen molar-refractivity contribution in [1.29, 1.82) is 0 Å². The molecular weight excluding hydrogens is 252 g/mol. The molecule has 0 aliphatic heterocycles. The third kappa shape index (κ3) is 3.69. The van der Waals surface area contributed by atoms with Crippen LogP contribution in [0.15, 0.2) is 29.2 Å². The predicted octanol–water partition coefficient (Wildman–Crippen LogP) is 1.12. The van der Waals surface area contributed by atoms with Gasteiger partial charge in [0.05, 0.1) is 11.5 Å². The standard InChI is InChI=1S/C12H20N2O3S/c1-3-8-13-11-4-6-12(7-5-11)18(16,17)14(2)9-10-15/h4-7,13,15H,3,8-10H2,1-2H3. The number of nitrogens with zero attached hydrogens (tertiary/aromatic N) is 1. The Morgan fingerprint density at radius 2 is 1.89 bits per heavy atom. The van der Waals surface area contributed by atoms with Crippen LogP contribution < -0.4 is 5.32 Å². The second kappa shape index (κ2) is 6.72. The third-order valence-electron chi connectivity index (χ3n) is 2.56. The zero-order chi connectivity index (χ0) is 13.6. The lowest BCUT2D eigenvalue weighted by Crippen LogP contribution is -2.29. The molecule has 5 nitrogen and oxygen atoms in total. The van der Waals surface area contributed by atoms with Crippen molar-refractivity contribution < 1.29 is 13.5 Å². The van der Waals surface area contributed by atoms with Crippen LogP contribution in [0.2, 0.25) is 0 Å². The zero-order valence-corrected chi connectivity index (χ0v) is 11.6. The lowest BCUT2D eigenvalue weighted by molar-refractivity contribution is 0.266. The van der Waals surface area contributed by atoms with Gasteiger partial charge in [0, 0.05) is 25.8 Å². The highest BCUT2D eigenvalue weighted by atomic mass is 32.2. The Labute approximate surface area is 108 Å². The Morgan fingerprint density at radius 3 is 2.39 bits per heavy atom. The molecule has 0 aliphatic carbocycles. The van der Waals surface area contributed by atoms with Crippen LogP contribution in [0.1, 0.15) is 13.3 Å². The first-order valence-corrected chi connectivity index (χ1v) is 7.37. The summed E-state index contributed by atoms with van der Waals surface area (Å²) in [5, 5.41) is 12.0. The van der Waals surface area contributed by atoms with Crippen LogP contribution >= 0.6 is 0 Å². The molecule has 0 heterocycles. The van der Waals surface area contributed by atoms with E-state index in [2.05, 4.69) is 12.2 Å². The predicted molar refractivity (Wildman–Crippen MR) is 72.1 cm³/mol. The van der Waals surface area contributed by atoms with Gasteiger partial charge in [-0.15, -0.1) is 0 Å². The summed E-state index contributed by atoms with van der Waals surface area (Å²) in [5.41, 5.74) is 0.903. The molecule has 1 rings (SSSR count). The molecule has 0 amide bonds. The summed E-state index contributed by atoms with van der Waals surface area (Å²) in [6.45, 7) is 2.83. The van der Waals surface area contributed by atoms with Crippen molar-refractivity contribution in [1.82, 2.24) is 4.31 Å². The van der Waals surface area contributed by atoms with Crippen molar-refractivity contribution in [3.05, 3.63) is 24.3 Å². The minimum absolute atomic E-state index is 0.0954. The topological polar surface area (TPSA) is 69.6 Å². The molecule has 0 radical (unpaired) electrons. The molecule has 2 N–H and O–H groups in total. The van der Waals surface area contributed by atoms with E-state index in [1.165, 1.54) is 7.05 Å². The van der Waals surface area contributed by atoms with E-state index < -0.39 is 10.0 Å². The highest BCUT2D eigenvalue weighted by Gasteiger charge is 2.19. The molecule has 6 heteroatoms. The number of sulfonamides is 1. The van der Waals surface area contributed by atoms with Gasteiger partial charge in [0.15, 0.2) is 0 Å². The summed E-state index contributed by atoms with van der Waals surface area (Å²) in [7, 11) is -2.04. The fourth-order valence-electron chi connectivity index (χ4n) is 1.46. The van der Waals surface area contributed by atoms with E-state index >= 15 is 0 Å². The van der Waals surface area contributed by atoms with Crippen molar-refractivity contribution >= 4 is 15.7 Å². The van der Waals surface area contributed by atoms with Crippen LogP contribution in [0.5, 0.6) is 0 Å².